The molecule has 0 aliphatic carbocycles. The van der Waals surface area contributed by atoms with Crippen molar-refractivity contribution in [2.45, 2.75) is 0 Å². The van der Waals surface area contributed by atoms with Crippen molar-refractivity contribution in [2.24, 2.45) is 4.99 Å². The van der Waals surface area contributed by atoms with Crippen LogP contribution < -0.4 is 16.8 Å². The fourth-order valence-electron chi connectivity index (χ4n) is 0.746. The fraction of sp³-hybridized carbons (Fsp3) is 0.143. The largest absolute Gasteiger partial charge is 0.386 e. The van der Waals surface area contributed by atoms with Crippen LogP contribution in [0.2, 0.25) is 0 Å². The Morgan fingerprint density at radius 3 is 3.08 bits per heavy atom. The summed E-state index contributed by atoms with van der Waals surface area (Å²) in [5.74, 6) is 5.56. The molecule has 0 saturated carbocycles. The number of nitrogens with zero attached hydrogens (tertiary/aromatic N) is 3. The van der Waals surface area contributed by atoms with E-state index in [1.165, 1.54) is 10.9 Å². The van der Waals surface area contributed by atoms with Gasteiger partial charge in [0.15, 0.2) is 0 Å². The molecule has 5 heteroatoms. The summed E-state index contributed by atoms with van der Waals surface area (Å²) < 4.78 is 1.33. The number of nitrogens with one attached hydrogen (secondary N) is 1. The van der Waals surface area contributed by atoms with Gasteiger partial charge in [0.05, 0.1) is 18.1 Å². The molecule has 0 unspecified atom stereocenters. The van der Waals surface area contributed by atoms with Gasteiger partial charge in [0.2, 0.25) is 5.62 Å². The molecule has 0 aromatic carbocycles. The van der Waals surface area contributed by atoms with E-state index in [4.69, 9.17) is 5.84 Å². The quantitative estimate of drug-likeness (QED) is 0.590. The van der Waals surface area contributed by atoms with E-state index >= 15 is 0 Å². The van der Waals surface area contributed by atoms with E-state index in [1.807, 2.05) is 0 Å². The number of nitrogens with two attached hydrogens (primary N) is 1. The van der Waals surface area contributed by atoms with Gasteiger partial charge >= 0.3 is 0 Å². The first-order valence-corrected chi connectivity index (χ1v) is 3.44. The second-order valence-corrected chi connectivity index (χ2v) is 2.11. The zero-order chi connectivity index (χ0) is 8.97. The third kappa shape index (κ3) is 1.63. The lowest BCUT2D eigenvalue weighted by Crippen LogP contribution is -2.29. The number of rotatable bonds is 2. The summed E-state index contributed by atoms with van der Waals surface area (Å²) in [6.07, 6.45) is 4.73. The van der Waals surface area contributed by atoms with Crippen molar-refractivity contribution in [2.75, 3.05) is 18.2 Å². The average molecular weight is 165 g/mol. The predicted octanol–water partition coefficient (Wildman–Crippen LogP) is -0.317. The van der Waals surface area contributed by atoms with Crippen LogP contribution in [0, 0.1) is 0 Å². The van der Waals surface area contributed by atoms with Crippen LogP contribution in [0.1, 0.15) is 0 Å². The molecule has 0 radical (unpaired) electrons. The molecule has 0 aliphatic heterocycles. The number of nitrogen functional groups attached to an aromatic ring is 1. The molecular formula is C7H11N5. The Morgan fingerprint density at radius 1 is 1.83 bits per heavy atom. The third-order valence-corrected chi connectivity index (χ3v) is 1.32. The normalized spacial score (nSPS) is 11.2. The lowest BCUT2D eigenvalue weighted by molar-refractivity contribution is 0.836. The lowest BCUT2D eigenvalue weighted by atomic mass is 10.5. The Kier molecular flexibility index (Phi) is 2.47. The molecule has 3 N–H and O–H groups in total. The maximum atomic E-state index is 5.56. The van der Waals surface area contributed by atoms with Gasteiger partial charge in [0.1, 0.15) is 0 Å². The van der Waals surface area contributed by atoms with E-state index < -0.39 is 0 Å². The van der Waals surface area contributed by atoms with E-state index in [0.29, 0.717) is 5.62 Å². The highest BCUT2D eigenvalue weighted by atomic mass is 15.3. The van der Waals surface area contributed by atoms with E-state index in [9.17, 15) is 0 Å². The number of hydrogen-bond acceptors (Lipinski definition) is 4. The first-order chi connectivity index (χ1) is 5.77. The smallest absolute Gasteiger partial charge is 0.248 e. The minimum Gasteiger partial charge on any atom is -0.386 e. The molecular weight excluding hydrogens is 154 g/mol. The van der Waals surface area contributed by atoms with Crippen molar-refractivity contribution >= 4 is 5.69 Å². The second-order valence-electron chi connectivity index (χ2n) is 2.11. The molecule has 12 heavy (non-hydrogen) atoms. The summed E-state index contributed by atoms with van der Waals surface area (Å²) in [5.41, 5.74) is 1.25. The summed E-state index contributed by atoms with van der Waals surface area (Å²) >= 11 is 0. The molecule has 0 fully saturated rings. The van der Waals surface area contributed by atoms with E-state index in [0.717, 1.165) is 5.69 Å². The van der Waals surface area contributed by atoms with Crippen LogP contribution in [0.15, 0.2) is 30.2 Å². The summed E-state index contributed by atoms with van der Waals surface area (Å²) in [6.45, 7) is 3.45. The molecule has 0 saturated heterocycles. The van der Waals surface area contributed by atoms with Crippen molar-refractivity contribution in [3.63, 3.8) is 0 Å². The molecule has 0 atom stereocenters. The van der Waals surface area contributed by atoms with Gasteiger partial charge in [-0.15, -0.1) is 0 Å². The number of aromatic nitrogens is 2. The second kappa shape index (κ2) is 3.56. The maximum Gasteiger partial charge on any atom is 0.248 e. The first kappa shape index (κ1) is 8.32. The zero-order valence-corrected chi connectivity index (χ0v) is 6.86. The van der Waals surface area contributed by atoms with Gasteiger partial charge in [0, 0.05) is 13.2 Å². The molecule has 1 aromatic heterocycles. The monoisotopic (exact) mass is 165 g/mol. The van der Waals surface area contributed by atoms with E-state index in [2.05, 4.69) is 21.9 Å². The molecule has 5 nitrogen and oxygen atoms in total. The van der Waals surface area contributed by atoms with Crippen LogP contribution in [-0.2, 0) is 0 Å². The minimum atomic E-state index is 0.420. The van der Waals surface area contributed by atoms with Gasteiger partial charge in [-0.2, -0.15) is 0 Å². The van der Waals surface area contributed by atoms with Crippen molar-refractivity contribution in [3.05, 3.63) is 30.8 Å². The van der Waals surface area contributed by atoms with Gasteiger partial charge in [0.25, 0.3) is 0 Å². The van der Waals surface area contributed by atoms with Crippen LogP contribution in [0.5, 0.6) is 0 Å². The minimum absolute atomic E-state index is 0.420. The van der Waals surface area contributed by atoms with Crippen LogP contribution in [0.25, 0.3) is 0 Å². The average Bonchev–Trinajstić information content (AvgIpc) is 2.09. The summed E-state index contributed by atoms with van der Waals surface area (Å²) in [7, 11) is 1.79. The van der Waals surface area contributed by atoms with Crippen LogP contribution in [0.3, 0.4) is 0 Å². The van der Waals surface area contributed by atoms with E-state index in [1.54, 1.807) is 19.4 Å². The Labute approximate surface area is 70.2 Å². The highest BCUT2D eigenvalue weighted by Crippen LogP contribution is 1.95. The Hall–Kier alpha value is -1.78. The van der Waals surface area contributed by atoms with Gasteiger partial charge in [-0.3, -0.25) is 0 Å². The molecule has 1 rings (SSSR count). The van der Waals surface area contributed by atoms with Crippen LogP contribution in [-0.4, -0.2) is 16.7 Å². The van der Waals surface area contributed by atoms with Crippen LogP contribution >= 0.6 is 0 Å². The molecule has 0 aliphatic rings. The molecule has 1 heterocycles. The summed E-state index contributed by atoms with van der Waals surface area (Å²) in [4.78, 5) is 7.82. The standard InChI is InChI=1S/C7H11N5/c1-3-10-7-11-4-6(9-2)5-12(7)8/h3-5,9H,1,8H2,2H3/b10-7-. The predicted molar refractivity (Wildman–Crippen MR) is 47.7 cm³/mol. The molecule has 0 bridgehead atoms. The zero-order valence-electron chi connectivity index (χ0n) is 6.86. The van der Waals surface area contributed by atoms with Crippen molar-refractivity contribution in [1.82, 2.24) is 9.66 Å². The van der Waals surface area contributed by atoms with Crippen molar-refractivity contribution in [3.8, 4) is 0 Å². The Balaban J connectivity index is 3.20. The van der Waals surface area contributed by atoms with Gasteiger partial charge in [-0.1, -0.05) is 6.58 Å². The topological polar surface area (TPSA) is 68.2 Å². The number of anilines is 1. The van der Waals surface area contributed by atoms with Gasteiger partial charge in [-0.05, 0) is 0 Å². The van der Waals surface area contributed by atoms with Gasteiger partial charge < -0.3 is 11.2 Å². The first-order valence-electron chi connectivity index (χ1n) is 3.44. The van der Waals surface area contributed by atoms with Crippen molar-refractivity contribution < 1.29 is 0 Å². The van der Waals surface area contributed by atoms with Crippen molar-refractivity contribution in [1.29, 1.82) is 0 Å². The molecule has 64 valence electrons. The van der Waals surface area contributed by atoms with Crippen LogP contribution in [0.4, 0.5) is 5.69 Å². The molecule has 0 spiro atoms. The Bertz CT molecular complexity index is 338. The maximum absolute atomic E-state index is 5.56. The SMILES string of the molecule is C=C/N=c1/ncc(NC)cn1N. The summed E-state index contributed by atoms with van der Waals surface area (Å²) in [6, 6.07) is 0. The third-order valence-electron chi connectivity index (χ3n) is 1.32. The highest BCUT2D eigenvalue weighted by molar-refractivity contribution is 5.36. The van der Waals surface area contributed by atoms with Gasteiger partial charge in [-0.25, -0.2) is 14.7 Å². The highest BCUT2D eigenvalue weighted by Gasteiger charge is 1.90. The van der Waals surface area contributed by atoms with E-state index in [-0.39, 0.29) is 0 Å². The fourth-order valence-corrected chi connectivity index (χ4v) is 0.746. The molecule has 0 amide bonds. The number of hydrogen-bond donors (Lipinski definition) is 2. The molecule has 1 aromatic rings. The Morgan fingerprint density at radius 2 is 2.58 bits per heavy atom. The lowest BCUT2D eigenvalue weighted by Gasteiger charge is -2.01. The summed E-state index contributed by atoms with van der Waals surface area (Å²) in [5, 5.41) is 2.91.